The summed E-state index contributed by atoms with van der Waals surface area (Å²) in [6, 6.07) is 9.28. The van der Waals surface area contributed by atoms with Gasteiger partial charge in [0.15, 0.2) is 17.4 Å². The first-order chi connectivity index (χ1) is 17.0. The largest absolute Gasteiger partial charge is 0.493 e. The third-order valence-corrected chi connectivity index (χ3v) is 6.75. The molecule has 35 heavy (non-hydrogen) atoms. The molecule has 7 nitrogen and oxygen atoms in total. The number of hydrogen-bond acceptors (Lipinski definition) is 7. The second-order valence-electron chi connectivity index (χ2n) is 9.24. The van der Waals surface area contributed by atoms with Crippen LogP contribution in [0, 0.1) is 0 Å². The summed E-state index contributed by atoms with van der Waals surface area (Å²) < 4.78 is 44.7. The van der Waals surface area contributed by atoms with E-state index in [1.165, 1.54) is 25.9 Å². The van der Waals surface area contributed by atoms with Crippen molar-refractivity contribution in [3.8, 4) is 11.5 Å². The number of anilines is 3. The van der Waals surface area contributed by atoms with E-state index in [-0.39, 0.29) is 25.9 Å². The van der Waals surface area contributed by atoms with E-state index in [1.807, 2.05) is 29.2 Å². The van der Waals surface area contributed by atoms with Crippen LogP contribution in [-0.4, -0.2) is 62.2 Å². The summed E-state index contributed by atoms with van der Waals surface area (Å²) in [6.45, 7) is 4.44. The van der Waals surface area contributed by atoms with Crippen LogP contribution in [0.5, 0.6) is 11.5 Å². The Hall–Kier alpha value is -3.07. The molecule has 0 saturated carbocycles. The fraction of sp³-hybridized carbons (Fsp3) is 0.500. The molecular formula is C26H32F2N4O3. The standard InChI is InChI=1S/C26H32F2N4O3/c1-33-22-16-19-20(17-23(22)34-15-5-11-31-9-2-3-10-31)29-24(32-12-7-26(27,28)8-13-32)18-21(19)30-25-6-4-14-35-25/h4,6,14,16-18H,2-3,5,7-13,15H2,1H3,(H,29,30). The molecule has 2 fully saturated rings. The Morgan fingerprint density at radius 3 is 2.60 bits per heavy atom. The minimum absolute atomic E-state index is 0.179. The van der Waals surface area contributed by atoms with Crippen LogP contribution in [0.1, 0.15) is 32.1 Å². The summed E-state index contributed by atoms with van der Waals surface area (Å²) >= 11 is 0. The van der Waals surface area contributed by atoms with Crippen LogP contribution in [0.15, 0.2) is 41.0 Å². The quantitative estimate of drug-likeness (QED) is 0.391. The molecule has 0 unspecified atom stereocenters. The van der Waals surface area contributed by atoms with Crippen LogP contribution in [0.2, 0.25) is 0 Å². The number of benzene rings is 1. The topological polar surface area (TPSA) is 63.0 Å². The van der Waals surface area contributed by atoms with Crippen molar-refractivity contribution in [3.63, 3.8) is 0 Å². The molecule has 1 N–H and O–H groups in total. The van der Waals surface area contributed by atoms with Crippen LogP contribution < -0.4 is 19.7 Å². The molecule has 188 valence electrons. The van der Waals surface area contributed by atoms with Gasteiger partial charge in [0.2, 0.25) is 0 Å². The van der Waals surface area contributed by atoms with E-state index in [0.29, 0.717) is 35.3 Å². The Morgan fingerprint density at radius 2 is 1.89 bits per heavy atom. The van der Waals surface area contributed by atoms with Crippen molar-refractivity contribution in [2.24, 2.45) is 0 Å². The molecule has 9 heteroatoms. The summed E-state index contributed by atoms with van der Waals surface area (Å²) in [4.78, 5) is 9.20. The Bertz CT molecular complexity index is 1120. The zero-order valence-electron chi connectivity index (χ0n) is 20.1. The average Bonchev–Trinajstić information content (AvgIpc) is 3.56. The first kappa shape index (κ1) is 23.7. The van der Waals surface area contributed by atoms with Crippen molar-refractivity contribution in [1.29, 1.82) is 0 Å². The van der Waals surface area contributed by atoms with Gasteiger partial charge in [-0.3, -0.25) is 0 Å². The van der Waals surface area contributed by atoms with Gasteiger partial charge in [-0.1, -0.05) is 0 Å². The number of halogens is 2. The molecule has 0 spiro atoms. The maximum atomic E-state index is 13.8. The number of ether oxygens (including phenoxy) is 2. The molecule has 1 aromatic carbocycles. The average molecular weight is 487 g/mol. The lowest BCUT2D eigenvalue weighted by molar-refractivity contribution is -0.0221. The molecule has 0 aliphatic carbocycles. The summed E-state index contributed by atoms with van der Waals surface area (Å²) in [5.41, 5.74) is 1.46. The van der Waals surface area contributed by atoms with Gasteiger partial charge < -0.3 is 29.0 Å². The zero-order valence-corrected chi connectivity index (χ0v) is 20.1. The molecule has 2 aliphatic rings. The molecule has 2 aromatic heterocycles. The predicted octanol–water partition coefficient (Wildman–Crippen LogP) is 5.68. The predicted molar refractivity (Wildman–Crippen MR) is 132 cm³/mol. The third-order valence-electron chi connectivity index (χ3n) is 6.75. The van der Waals surface area contributed by atoms with Gasteiger partial charge in [0.05, 0.1) is 31.2 Å². The molecular weight excluding hydrogens is 454 g/mol. The third kappa shape index (κ3) is 5.61. The highest BCUT2D eigenvalue weighted by Crippen LogP contribution is 2.39. The minimum atomic E-state index is -2.62. The second-order valence-corrected chi connectivity index (χ2v) is 9.24. The highest BCUT2D eigenvalue weighted by Gasteiger charge is 2.34. The number of rotatable bonds is 9. The van der Waals surface area contributed by atoms with Crippen molar-refractivity contribution < 1.29 is 22.7 Å². The Balaban J connectivity index is 1.42. The van der Waals surface area contributed by atoms with Crippen LogP contribution in [0.4, 0.5) is 26.2 Å². The van der Waals surface area contributed by atoms with Gasteiger partial charge in [0.25, 0.3) is 5.92 Å². The van der Waals surface area contributed by atoms with E-state index in [4.69, 9.17) is 18.9 Å². The minimum Gasteiger partial charge on any atom is -0.493 e. The maximum Gasteiger partial charge on any atom is 0.251 e. The molecule has 5 rings (SSSR count). The number of piperidine rings is 1. The lowest BCUT2D eigenvalue weighted by Crippen LogP contribution is -2.39. The molecule has 3 aromatic rings. The maximum absolute atomic E-state index is 13.8. The Labute approximate surface area is 204 Å². The number of nitrogens with one attached hydrogen (secondary N) is 1. The monoisotopic (exact) mass is 486 g/mol. The smallest absolute Gasteiger partial charge is 0.251 e. The summed E-state index contributed by atoms with van der Waals surface area (Å²) in [6.07, 6.45) is 4.71. The first-order valence-electron chi connectivity index (χ1n) is 12.3. The van der Waals surface area contributed by atoms with Crippen molar-refractivity contribution in [3.05, 3.63) is 36.6 Å². The fourth-order valence-electron chi connectivity index (χ4n) is 4.78. The van der Waals surface area contributed by atoms with E-state index in [1.54, 1.807) is 19.4 Å². The second kappa shape index (κ2) is 10.3. The first-order valence-corrected chi connectivity index (χ1v) is 12.3. The Morgan fingerprint density at radius 1 is 1.09 bits per heavy atom. The number of alkyl halides is 2. The van der Waals surface area contributed by atoms with Gasteiger partial charge in [-0.15, -0.1) is 0 Å². The van der Waals surface area contributed by atoms with E-state index in [2.05, 4.69) is 10.2 Å². The number of methoxy groups -OCH3 is 1. The van der Waals surface area contributed by atoms with Crippen LogP contribution in [-0.2, 0) is 0 Å². The lowest BCUT2D eigenvalue weighted by atomic mass is 10.1. The number of pyridine rings is 1. The van der Waals surface area contributed by atoms with Gasteiger partial charge in [-0.2, -0.15) is 0 Å². The molecule has 0 atom stereocenters. The molecule has 2 aliphatic heterocycles. The van der Waals surface area contributed by atoms with Crippen molar-refractivity contribution in [2.75, 3.05) is 56.7 Å². The van der Waals surface area contributed by atoms with Crippen molar-refractivity contribution in [1.82, 2.24) is 9.88 Å². The lowest BCUT2D eigenvalue weighted by Gasteiger charge is -2.33. The highest BCUT2D eigenvalue weighted by molar-refractivity contribution is 5.96. The molecule has 2 saturated heterocycles. The Kier molecular flexibility index (Phi) is 6.95. The van der Waals surface area contributed by atoms with E-state index >= 15 is 0 Å². The fourth-order valence-corrected chi connectivity index (χ4v) is 4.78. The van der Waals surface area contributed by atoms with Gasteiger partial charge >= 0.3 is 0 Å². The van der Waals surface area contributed by atoms with E-state index in [0.717, 1.165) is 24.0 Å². The molecule has 0 radical (unpaired) electrons. The van der Waals surface area contributed by atoms with Crippen LogP contribution in [0.25, 0.3) is 10.9 Å². The number of likely N-dealkylation sites (tertiary alicyclic amines) is 1. The summed E-state index contributed by atoms with van der Waals surface area (Å²) in [5, 5.41) is 4.12. The SMILES string of the molecule is COc1cc2c(Nc3ccco3)cc(N3CCC(F)(F)CC3)nc2cc1OCCCN1CCCC1. The number of furan rings is 1. The summed E-state index contributed by atoms with van der Waals surface area (Å²) in [7, 11) is 1.62. The molecule has 4 heterocycles. The van der Waals surface area contributed by atoms with Gasteiger partial charge in [0, 0.05) is 56.1 Å². The van der Waals surface area contributed by atoms with E-state index < -0.39 is 5.92 Å². The number of aromatic nitrogens is 1. The highest BCUT2D eigenvalue weighted by atomic mass is 19.3. The van der Waals surface area contributed by atoms with Gasteiger partial charge in [-0.05, 0) is 44.5 Å². The normalized spacial score (nSPS) is 18.2. The van der Waals surface area contributed by atoms with E-state index in [9.17, 15) is 8.78 Å². The van der Waals surface area contributed by atoms with Crippen LogP contribution >= 0.6 is 0 Å². The van der Waals surface area contributed by atoms with Crippen molar-refractivity contribution in [2.45, 2.75) is 38.0 Å². The number of fused-ring (bicyclic) bond motifs is 1. The van der Waals surface area contributed by atoms with Crippen LogP contribution in [0.3, 0.4) is 0 Å². The number of hydrogen-bond donors (Lipinski definition) is 1. The van der Waals surface area contributed by atoms with Crippen molar-refractivity contribution >= 4 is 28.3 Å². The molecule has 0 amide bonds. The van der Waals surface area contributed by atoms with Gasteiger partial charge in [-0.25, -0.2) is 13.8 Å². The number of nitrogens with zero attached hydrogens (tertiary/aromatic N) is 3. The molecule has 0 bridgehead atoms. The van der Waals surface area contributed by atoms with Gasteiger partial charge in [0.1, 0.15) is 5.82 Å². The summed E-state index contributed by atoms with van der Waals surface area (Å²) in [5.74, 6) is -0.151. The zero-order chi connectivity index (χ0) is 24.3.